The molecule has 1 aromatic rings. The molecule has 0 aromatic heterocycles. The van der Waals surface area contributed by atoms with Crippen molar-refractivity contribution in [1.29, 1.82) is 5.26 Å². The van der Waals surface area contributed by atoms with E-state index in [1.165, 1.54) is 19.2 Å². The SMILES string of the molecule is [B]c1cc(C#N)c(F)c(OC)c1. The molecule has 0 atom stereocenters. The third-order valence-corrected chi connectivity index (χ3v) is 1.40. The number of rotatable bonds is 1. The van der Waals surface area contributed by atoms with Gasteiger partial charge < -0.3 is 4.74 Å². The van der Waals surface area contributed by atoms with Crippen molar-refractivity contribution in [3.05, 3.63) is 23.5 Å². The highest BCUT2D eigenvalue weighted by atomic mass is 19.1. The van der Waals surface area contributed by atoms with Gasteiger partial charge in [0.15, 0.2) is 11.6 Å². The van der Waals surface area contributed by atoms with Crippen molar-refractivity contribution in [3.63, 3.8) is 0 Å². The molecule has 0 bridgehead atoms. The van der Waals surface area contributed by atoms with Crippen LogP contribution in [0, 0.1) is 17.1 Å². The Balaban J connectivity index is 3.34. The average Bonchev–Trinajstić information content (AvgIpc) is 2.08. The molecule has 0 aliphatic carbocycles. The van der Waals surface area contributed by atoms with Gasteiger partial charge in [-0.2, -0.15) is 5.26 Å². The van der Waals surface area contributed by atoms with Gasteiger partial charge >= 0.3 is 0 Å². The van der Waals surface area contributed by atoms with Gasteiger partial charge in [-0.3, -0.25) is 0 Å². The normalized spacial score (nSPS) is 9.08. The smallest absolute Gasteiger partial charge is 0.182 e. The number of nitriles is 1. The topological polar surface area (TPSA) is 33.0 Å². The second-order valence-electron chi connectivity index (χ2n) is 2.20. The van der Waals surface area contributed by atoms with Crippen LogP contribution in [0.5, 0.6) is 5.75 Å². The van der Waals surface area contributed by atoms with E-state index >= 15 is 0 Å². The highest BCUT2D eigenvalue weighted by Gasteiger charge is 2.08. The Bertz CT molecular complexity index is 346. The maximum absolute atomic E-state index is 13.1. The Morgan fingerprint density at radius 1 is 1.58 bits per heavy atom. The van der Waals surface area contributed by atoms with Gasteiger partial charge in [0.1, 0.15) is 13.9 Å². The number of methoxy groups -OCH3 is 1. The fourth-order valence-electron chi connectivity index (χ4n) is 0.849. The summed E-state index contributed by atoms with van der Waals surface area (Å²) in [6, 6.07) is 4.27. The van der Waals surface area contributed by atoms with Gasteiger partial charge in [-0.05, 0) is 12.1 Å². The number of benzene rings is 1. The Hall–Kier alpha value is -1.50. The van der Waals surface area contributed by atoms with Gasteiger partial charge in [0, 0.05) is 0 Å². The summed E-state index contributed by atoms with van der Waals surface area (Å²) in [7, 11) is 6.70. The lowest BCUT2D eigenvalue weighted by molar-refractivity contribution is 0.386. The Morgan fingerprint density at radius 3 is 2.75 bits per heavy atom. The molecule has 0 saturated carbocycles. The maximum Gasteiger partial charge on any atom is 0.182 e. The van der Waals surface area contributed by atoms with Gasteiger partial charge in [-0.15, -0.1) is 0 Å². The molecule has 0 saturated heterocycles. The molecule has 1 rings (SSSR count). The quantitative estimate of drug-likeness (QED) is 0.561. The summed E-state index contributed by atoms with van der Waals surface area (Å²) in [4.78, 5) is 0. The lowest BCUT2D eigenvalue weighted by Gasteiger charge is -2.03. The Labute approximate surface area is 71.0 Å². The first-order chi connectivity index (χ1) is 5.69. The number of hydrogen-bond acceptors (Lipinski definition) is 2. The zero-order valence-electron chi connectivity index (χ0n) is 6.47. The zero-order valence-corrected chi connectivity index (χ0v) is 6.47. The molecule has 58 valence electrons. The van der Waals surface area contributed by atoms with Crippen molar-refractivity contribution < 1.29 is 9.13 Å². The summed E-state index contributed by atoms with van der Waals surface area (Å²) in [6.45, 7) is 0. The molecule has 0 fully saturated rings. The van der Waals surface area contributed by atoms with E-state index in [2.05, 4.69) is 4.74 Å². The largest absolute Gasteiger partial charge is 0.494 e. The molecule has 1 aromatic carbocycles. The molecule has 2 nitrogen and oxygen atoms in total. The minimum absolute atomic E-state index is 0.00782. The van der Waals surface area contributed by atoms with Crippen LogP contribution < -0.4 is 10.2 Å². The lowest BCUT2D eigenvalue weighted by Crippen LogP contribution is -2.06. The van der Waals surface area contributed by atoms with Crippen LogP contribution in [-0.2, 0) is 0 Å². The van der Waals surface area contributed by atoms with Gasteiger partial charge in [0.2, 0.25) is 0 Å². The first-order valence-corrected chi connectivity index (χ1v) is 3.22. The lowest BCUT2D eigenvalue weighted by atomic mass is 9.94. The minimum Gasteiger partial charge on any atom is -0.494 e. The summed E-state index contributed by atoms with van der Waals surface area (Å²) < 4.78 is 17.7. The number of halogens is 1. The van der Waals surface area contributed by atoms with Gasteiger partial charge in [0.25, 0.3) is 0 Å². The van der Waals surface area contributed by atoms with Crippen LogP contribution in [0.1, 0.15) is 5.56 Å². The third-order valence-electron chi connectivity index (χ3n) is 1.40. The molecule has 4 heteroatoms. The third kappa shape index (κ3) is 1.40. The van der Waals surface area contributed by atoms with Crippen LogP contribution in [0.3, 0.4) is 0 Å². The summed E-state index contributed by atoms with van der Waals surface area (Å²) in [5.74, 6) is -0.680. The van der Waals surface area contributed by atoms with Crippen molar-refractivity contribution in [2.75, 3.05) is 7.11 Å². The first kappa shape index (κ1) is 8.60. The molecule has 12 heavy (non-hydrogen) atoms. The highest BCUT2D eigenvalue weighted by molar-refractivity contribution is 6.32. The van der Waals surface area contributed by atoms with E-state index in [9.17, 15) is 4.39 Å². The minimum atomic E-state index is -0.672. The predicted octanol–water partition coefficient (Wildman–Crippen LogP) is 0.500. The molecule has 0 N–H and O–H groups in total. The fourth-order valence-corrected chi connectivity index (χ4v) is 0.849. The van der Waals surface area contributed by atoms with Crippen LogP contribution >= 0.6 is 0 Å². The first-order valence-electron chi connectivity index (χ1n) is 3.22. The molecule has 0 aliphatic heterocycles. The Kier molecular flexibility index (Phi) is 2.34. The molecule has 0 amide bonds. The predicted molar refractivity (Wildman–Crippen MR) is 43.1 cm³/mol. The van der Waals surface area contributed by atoms with E-state index in [0.717, 1.165) is 0 Å². The second kappa shape index (κ2) is 3.27. The van der Waals surface area contributed by atoms with Crippen molar-refractivity contribution in [3.8, 4) is 11.8 Å². The Morgan fingerprint density at radius 2 is 2.25 bits per heavy atom. The highest BCUT2D eigenvalue weighted by Crippen LogP contribution is 2.17. The maximum atomic E-state index is 13.1. The number of hydrogen-bond donors (Lipinski definition) is 0. The van der Waals surface area contributed by atoms with Crippen LogP contribution in [0.2, 0.25) is 0 Å². The van der Waals surface area contributed by atoms with E-state index < -0.39 is 5.82 Å². The van der Waals surface area contributed by atoms with Crippen LogP contribution in [0.25, 0.3) is 0 Å². The molecule has 2 radical (unpaired) electrons. The van der Waals surface area contributed by atoms with Crippen molar-refractivity contribution in [2.24, 2.45) is 0 Å². The standard InChI is InChI=1S/C8H5BFNO/c1-12-7-3-6(9)2-5(4-11)8(7)10/h2-3H,1H3. The molecule has 0 aliphatic rings. The monoisotopic (exact) mass is 161 g/mol. The van der Waals surface area contributed by atoms with Gasteiger partial charge in [-0.1, -0.05) is 5.46 Å². The van der Waals surface area contributed by atoms with Crippen LogP contribution in [-0.4, -0.2) is 15.0 Å². The van der Waals surface area contributed by atoms with Crippen LogP contribution in [0.15, 0.2) is 12.1 Å². The van der Waals surface area contributed by atoms with Crippen molar-refractivity contribution in [2.45, 2.75) is 0 Å². The van der Waals surface area contributed by atoms with E-state index in [1.807, 2.05) is 0 Å². The average molecular weight is 161 g/mol. The van der Waals surface area contributed by atoms with Crippen molar-refractivity contribution in [1.82, 2.24) is 0 Å². The summed E-state index contributed by atoms with van der Waals surface area (Å²) in [5, 5.41) is 8.46. The molecular weight excluding hydrogens is 156 g/mol. The fraction of sp³-hybridized carbons (Fsp3) is 0.125. The van der Waals surface area contributed by atoms with E-state index in [0.29, 0.717) is 5.46 Å². The zero-order chi connectivity index (χ0) is 9.14. The van der Waals surface area contributed by atoms with Gasteiger partial charge in [0.05, 0.1) is 12.7 Å². The van der Waals surface area contributed by atoms with E-state index in [4.69, 9.17) is 13.1 Å². The molecule has 0 unspecified atom stereocenters. The van der Waals surface area contributed by atoms with Crippen molar-refractivity contribution >= 4 is 13.3 Å². The van der Waals surface area contributed by atoms with Gasteiger partial charge in [-0.25, -0.2) is 4.39 Å². The molecule has 0 heterocycles. The number of nitrogens with zero attached hydrogens (tertiary/aromatic N) is 1. The van der Waals surface area contributed by atoms with E-state index in [1.54, 1.807) is 6.07 Å². The number of ether oxygens (including phenoxy) is 1. The molecule has 0 spiro atoms. The van der Waals surface area contributed by atoms with E-state index in [-0.39, 0.29) is 11.3 Å². The second-order valence-corrected chi connectivity index (χ2v) is 2.20. The summed E-state index contributed by atoms with van der Waals surface area (Å²) in [5.41, 5.74) is 0.205. The summed E-state index contributed by atoms with van der Waals surface area (Å²) in [6.07, 6.45) is 0. The van der Waals surface area contributed by atoms with Crippen LogP contribution in [0.4, 0.5) is 4.39 Å². The summed E-state index contributed by atoms with van der Waals surface area (Å²) >= 11 is 0. The molecular formula is C8H5BFNO.